The Kier molecular flexibility index (Phi) is 2.82. The van der Waals surface area contributed by atoms with Crippen LogP contribution in [0.1, 0.15) is 22.5 Å². The maximum Gasteiger partial charge on any atom is 0.183 e. The summed E-state index contributed by atoms with van der Waals surface area (Å²) in [5.74, 6) is 0.0279. The highest BCUT2D eigenvalue weighted by Crippen LogP contribution is 2.04. The molecule has 0 aliphatic heterocycles. The molecule has 5 heteroatoms. The highest BCUT2D eigenvalue weighted by Gasteiger charge is 2.07. The summed E-state index contributed by atoms with van der Waals surface area (Å²) in [7, 11) is 0. The molecule has 0 radical (unpaired) electrons. The summed E-state index contributed by atoms with van der Waals surface area (Å²) in [4.78, 5) is 19.3. The van der Waals surface area contributed by atoms with Gasteiger partial charge in [0.2, 0.25) is 0 Å². The molecule has 5 nitrogen and oxygen atoms in total. The molecular formula is C10H10N4O. The zero-order valence-corrected chi connectivity index (χ0v) is 8.05. The van der Waals surface area contributed by atoms with Gasteiger partial charge in [-0.25, -0.2) is 9.97 Å². The van der Waals surface area contributed by atoms with E-state index in [2.05, 4.69) is 20.2 Å². The van der Waals surface area contributed by atoms with Gasteiger partial charge in [0.25, 0.3) is 0 Å². The van der Waals surface area contributed by atoms with E-state index in [9.17, 15) is 4.79 Å². The van der Waals surface area contributed by atoms with Gasteiger partial charge in [0.1, 0.15) is 12.0 Å². The van der Waals surface area contributed by atoms with Crippen molar-refractivity contribution in [2.24, 2.45) is 0 Å². The van der Waals surface area contributed by atoms with Gasteiger partial charge in [-0.05, 0) is 18.1 Å². The van der Waals surface area contributed by atoms with E-state index in [4.69, 9.17) is 0 Å². The summed E-state index contributed by atoms with van der Waals surface area (Å²) in [5.41, 5.74) is 1.44. The molecular weight excluding hydrogens is 192 g/mol. The molecule has 0 aliphatic rings. The van der Waals surface area contributed by atoms with Gasteiger partial charge in [-0.2, -0.15) is 5.10 Å². The second kappa shape index (κ2) is 4.45. The summed E-state index contributed by atoms with van der Waals surface area (Å²) in [6.45, 7) is 0. The van der Waals surface area contributed by atoms with Crippen LogP contribution in [0.2, 0.25) is 0 Å². The number of H-pyrrole nitrogens is 1. The topological polar surface area (TPSA) is 71.5 Å². The summed E-state index contributed by atoms with van der Waals surface area (Å²) >= 11 is 0. The molecule has 0 fully saturated rings. The van der Waals surface area contributed by atoms with Gasteiger partial charge in [0.05, 0.1) is 0 Å². The molecule has 0 amide bonds. The van der Waals surface area contributed by atoms with Crippen molar-refractivity contribution in [1.29, 1.82) is 0 Å². The lowest BCUT2D eigenvalue weighted by atomic mass is 10.1. The van der Waals surface area contributed by atoms with Crippen molar-refractivity contribution in [3.8, 4) is 0 Å². The molecule has 0 bridgehead atoms. The molecule has 0 aromatic carbocycles. The number of nitrogens with one attached hydrogen (secondary N) is 1. The number of hydrogen-bond acceptors (Lipinski definition) is 4. The van der Waals surface area contributed by atoms with Crippen LogP contribution in [0, 0.1) is 0 Å². The second-order valence-corrected chi connectivity index (χ2v) is 3.13. The summed E-state index contributed by atoms with van der Waals surface area (Å²) in [5, 5.41) is 6.44. The van der Waals surface area contributed by atoms with Gasteiger partial charge >= 0.3 is 0 Å². The zero-order chi connectivity index (χ0) is 10.5. The van der Waals surface area contributed by atoms with Crippen LogP contribution in [0.4, 0.5) is 0 Å². The minimum atomic E-state index is 0.0279. The number of aryl methyl sites for hydroxylation is 1. The first-order valence-electron chi connectivity index (χ1n) is 4.63. The number of ketones is 1. The Morgan fingerprint density at radius 2 is 2.13 bits per heavy atom. The van der Waals surface area contributed by atoms with Crippen molar-refractivity contribution in [2.45, 2.75) is 12.8 Å². The molecule has 1 N–H and O–H groups in total. The first-order valence-corrected chi connectivity index (χ1v) is 4.63. The van der Waals surface area contributed by atoms with E-state index in [1.54, 1.807) is 24.7 Å². The Balaban J connectivity index is 1.92. The summed E-state index contributed by atoms with van der Waals surface area (Å²) in [6.07, 6.45) is 7.61. The van der Waals surface area contributed by atoms with E-state index in [0.717, 1.165) is 5.56 Å². The quantitative estimate of drug-likeness (QED) is 0.751. The van der Waals surface area contributed by atoms with Crippen molar-refractivity contribution in [3.63, 3.8) is 0 Å². The molecule has 0 saturated carbocycles. The van der Waals surface area contributed by atoms with Crippen molar-refractivity contribution in [3.05, 3.63) is 42.2 Å². The van der Waals surface area contributed by atoms with Crippen LogP contribution in [0.15, 0.2) is 31.0 Å². The summed E-state index contributed by atoms with van der Waals surface area (Å²) in [6, 6.07) is 1.67. The van der Waals surface area contributed by atoms with Gasteiger partial charge in [-0.1, -0.05) is 0 Å². The number of Topliss-reactive ketones (excluding diaryl/α,β-unsaturated/α-hetero) is 1. The average molecular weight is 202 g/mol. The number of carbonyl (C=O) groups excluding carboxylic acids is 1. The fraction of sp³-hybridized carbons (Fsp3) is 0.200. The molecule has 15 heavy (non-hydrogen) atoms. The van der Waals surface area contributed by atoms with Gasteiger partial charge in [-0.15, -0.1) is 0 Å². The fourth-order valence-corrected chi connectivity index (χ4v) is 1.26. The molecule has 0 atom stereocenters. The molecule has 76 valence electrons. The van der Waals surface area contributed by atoms with E-state index in [1.807, 2.05) is 0 Å². The average Bonchev–Trinajstić information content (AvgIpc) is 2.81. The molecule has 0 spiro atoms. The van der Waals surface area contributed by atoms with Crippen LogP contribution in [0.5, 0.6) is 0 Å². The third-order valence-electron chi connectivity index (χ3n) is 2.04. The Morgan fingerprint density at radius 3 is 2.80 bits per heavy atom. The molecule has 0 saturated heterocycles. The molecule has 0 unspecified atom stereocenters. The lowest BCUT2D eigenvalue weighted by molar-refractivity contribution is 0.0978. The van der Waals surface area contributed by atoms with Gasteiger partial charge in [-0.3, -0.25) is 9.89 Å². The molecule has 2 aromatic heterocycles. The van der Waals surface area contributed by atoms with Crippen molar-refractivity contribution in [1.82, 2.24) is 20.2 Å². The minimum absolute atomic E-state index is 0.0279. The highest BCUT2D eigenvalue weighted by molar-refractivity contribution is 5.94. The third kappa shape index (κ3) is 2.46. The Labute approximate surface area is 86.6 Å². The number of hydrogen-bond donors (Lipinski definition) is 1. The lowest BCUT2D eigenvalue weighted by Gasteiger charge is -1.97. The monoisotopic (exact) mass is 202 g/mol. The predicted octanol–water partition coefficient (Wildman–Crippen LogP) is 1.02. The van der Waals surface area contributed by atoms with Crippen molar-refractivity contribution in [2.75, 3.05) is 0 Å². The fourth-order valence-electron chi connectivity index (χ4n) is 1.26. The lowest BCUT2D eigenvalue weighted by Crippen LogP contribution is -2.02. The maximum atomic E-state index is 11.6. The highest BCUT2D eigenvalue weighted by atomic mass is 16.1. The predicted molar refractivity (Wildman–Crippen MR) is 53.3 cm³/mol. The first kappa shape index (κ1) is 9.51. The Morgan fingerprint density at radius 1 is 1.33 bits per heavy atom. The van der Waals surface area contributed by atoms with Crippen LogP contribution >= 0.6 is 0 Å². The Bertz CT molecular complexity index is 424. The van der Waals surface area contributed by atoms with Crippen molar-refractivity contribution >= 4 is 5.78 Å². The number of rotatable bonds is 4. The van der Waals surface area contributed by atoms with E-state index >= 15 is 0 Å². The van der Waals surface area contributed by atoms with Crippen LogP contribution in [0.25, 0.3) is 0 Å². The maximum absolute atomic E-state index is 11.6. The molecule has 0 aliphatic carbocycles. The van der Waals surface area contributed by atoms with Gasteiger partial charge < -0.3 is 0 Å². The largest absolute Gasteiger partial charge is 0.292 e. The smallest absolute Gasteiger partial charge is 0.183 e. The number of carbonyl (C=O) groups is 1. The van der Waals surface area contributed by atoms with Crippen LogP contribution in [-0.2, 0) is 6.42 Å². The Hall–Kier alpha value is -2.04. The van der Waals surface area contributed by atoms with E-state index in [0.29, 0.717) is 18.5 Å². The van der Waals surface area contributed by atoms with Crippen molar-refractivity contribution < 1.29 is 4.79 Å². The number of aromatic nitrogens is 4. The molecule has 2 rings (SSSR count). The summed E-state index contributed by atoms with van der Waals surface area (Å²) < 4.78 is 0. The molecule has 2 heterocycles. The van der Waals surface area contributed by atoms with E-state index in [-0.39, 0.29) is 5.78 Å². The second-order valence-electron chi connectivity index (χ2n) is 3.13. The molecule has 2 aromatic rings. The van der Waals surface area contributed by atoms with Gasteiger partial charge in [0.15, 0.2) is 5.78 Å². The van der Waals surface area contributed by atoms with E-state index in [1.165, 1.54) is 6.33 Å². The minimum Gasteiger partial charge on any atom is -0.292 e. The normalized spacial score (nSPS) is 10.1. The van der Waals surface area contributed by atoms with Crippen LogP contribution < -0.4 is 0 Å². The third-order valence-corrected chi connectivity index (χ3v) is 2.04. The van der Waals surface area contributed by atoms with Gasteiger partial charge in [0, 0.05) is 25.0 Å². The zero-order valence-electron chi connectivity index (χ0n) is 8.05. The van der Waals surface area contributed by atoms with Crippen LogP contribution in [-0.4, -0.2) is 25.9 Å². The standard InChI is InChI=1S/C10H10N4O/c15-10(9-3-4-13-14-9)2-1-8-5-11-7-12-6-8/h3-7H,1-2H2,(H,13,14). The first-order chi connectivity index (χ1) is 7.36. The SMILES string of the molecule is O=C(CCc1cncnc1)c1cc[nH]n1. The van der Waals surface area contributed by atoms with Crippen LogP contribution in [0.3, 0.4) is 0 Å². The number of aromatic amines is 1. The van der Waals surface area contributed by atoms with E-state index < -0.39 is 0 Å². The number of nitrogens with zero attached hydrogens (tertiary/aromatic N) is 3.